The number of alkyl halides is 3. The molecule has 0 saturated heterocycles. The molecule has 0 aliphatic heterocycles. The van der Waals surface area contributed by atoms with Crippen LogP contribution in [0, 0.1) is 0 Å². The molecule has 0 aliphatic rings. The number of nitrogens with two attached hydrogens (primary N) is 1. The van der Waals surface area contributed by atoms with E-state index in [0.717, 1.165) is 18.2 Å². The summed E-state index contributed by atoms with van der Waals surface area (Å²) in [6.45, 7) is 0. The fraction of sp³-hybridized carbons (Fsp3) is 0.143. The van der Waals surface area contributed by atoms with Crippen molar-refractivity contribution in [1.82, 2.24) is 0 Å². The van der Waals surface area contributed by atoms with Crippen LogP contribution < -0.4 is 15.9 Å². The van der Waals surface area contributed by atoms with Crippen molar-refractivity contribution in [2.45, 2.75) is 6.36 Å². The van der Waals surface area contributed by atoms with Crippen molar-refractivity contribution in [3.63, 3.8) is 0 Å². The summed E-state index contributed by atoms with van der Waals surface area (Å²) in [6, 6.07) is 2.98. The molecule has 0 spiro atoms. The van der Waals surface area contributed by atoms with Gasteiger partial charge in [-0.25, -0.2) is 0 Å². The maximum absolute atomic E-state index is 11.8. The molecule has 4 nitrogen and oxygen atoms in total. The molecule has 1 aromatic rings. The third-order valence-electron chi connectivity index (χ3n) is 1.56. The Kier molecular flexibility index (Phi) is 3.11. The first kappa shape index (κ1) is 11.7. The van der Waals surface area contributed by atoms with Crippen molar-refractivity contribution < 1.29 is 28.0 Å². The highest BCUT2D eigenvalue weighted by molar-refractivity contribution is 6.58. The third-order valence-corrected chi connectivity index (χ3v) is 1.56. The molecule has 0 unspecified atom stereocenters. The molecule has 0 amide bonds. The molecule has 4 N–H and O–H groups in total. The average Bonchev–Trinajstić information content (AvgIpc) is 2.05. The van der Waals surface area contributed by atoms with Gasteiger partial charge in [0.25, 0.3) is 0 Å². The number of hydrogen-bond acceptors (Lipinski definition) is 4. The van der Waals surface area contributed by atoms with Crippen LogP contribution in [0.2, 0.25) is 0 Å². The van der Waals surface area contributed by atoms with Gasteiger partial charge in [-0.2, -0.15) is 0 Å². The Bertz CT molecular complexity index is 356. The molecule has 0 radical (unpaired) electrons. The molecular formula is C7H7BF3NO3. The topological polar surface area (TPSA) is 75.7 Å². The van der Waals surface area contributed by atoms with Crippen LogP contribution in [0.4, 0.5) is 18.9 Å². The lowest BCUT2D eigenvalue weighted by atomic mass is 9.80. The fourth-order valence-electron chi connectivity index (χ4n) is 0.945. The smallest absolute Gasteiger partial charge is 0.423 e. The molecule has 0 fully saturated rings. The quantitative estimate of drug-likeness (QED) is 0.479. The Morgan fingerprint density at radius 3 is 2.27 bits per heavy atom. The number of halogens is 3. The number of nitrogen functional groups attached to an aromatic ring is 1. The summed E-state index contributed by atoms with van der Waals surface area (Å²) >= 11 is 0. The number of ether oxygens (including phenoxy) is 1. The Hall–Kier alpha value is -1.41. The van der Waals surface area contributed by atoms with Gasteiger partial charge in [0.15, 0.2) is 5.75 Å². The Labute approximate surface area is 83.2 Å². The number of rotatable bonds is 2. The average molecular weight is 221 g/mol. The minimum absolute atomic E-state index is 0.0120. The highest BCUT2D eigenvalue weighted by Crippen LogP contribution is 2.26. The normalized spacial score (nSPS) is 11.3. The molecule has 0 aliphatic carbocycles. The van der Waals surface area contributed by atoms with Crippen LogP contribution >= 0.6 is 0 Å². The Balaban J connectivity index is 2.94. The molecule has 8 heteroatoms. The molecule has 0 heterocycles. The van der Waals surface area contributed by atoms with Crippen LogP contribution in [0.1, 0.15) is 0 Å². The van der Waals surface area contributed by atoms with Crippen molar-refractivity contribution in [2.75, 3.05) is 5.73 Å². The van der Waals surface area contributed by atoms with E-state index in [1.165, 1.54) is 0 Å². The van der Waals surface area contributed by atoms with Gasteiger partial charge in [0, 0.05) is 0 Å². The van der Waals surface area contributed by atoms with Gasteiger partial charge in [-0.15, -0.1) is 13.2 Å². The zero-order chi connectivity index (χ0) is 11.6. The van der Waals surface area contributed by atoms with E-state index in [-0.39, 0.29) is 11.2 Å². The van der Waals surface area contributed by atoms with Gasteiger partial charge in [0.05, 0.1) is 5.69 Å². The summed E-state index contributed by atoms with van der Waals surface area (Å²) in [5.74, 6) is -0.577. The van der Waals surface area contributed by atoms with E-state index in [4.69, 9.17) is 15.8 Å². The lowest BCUT2D eigenvalue weighted by molar-refractivity contribution is -0.274. The number of hydrogen-bond donors (Lipinski definition) is 3. The summed E-state index contributed by atoms with van der Waals surface area (Å²) in [7, 11) is -1.78. The molecule has 0 bridgehead atoms. The molecule has 0 saturated carbocycles. The maximum atomic E-state index is 11.8. The first-order chi connectivity index (χ1) is 6.79. The van der Waals surface area contributed by atoms with Crippen LogP contribution in [0.5, 0.6) is 5.75 Å². The molecule has 1 rings (SSSR count). The fourth-order valence-corrected chi connectivity index (χ4v) is 0.945. The summed E-state index contributed by atoms with van der Waals surface area (Å²) < 4.78 is 39.0. The van der Waals surface area contributed by atoms with Gasteiger partial charge in [-0.05, 0) is 17.6 Å². The Morgan fingerprint density at radius 1 is 1.27 bits per heavy atom. The number of benzene rings is 1. The molecule has 0 aromatic heterocycles. The summed E-state index contributed by atoms with van der Waals surface area (Å²) in [5, 5.41) is 17.4. The van der Waals surface area contributed by atoms with Gasteiger partial charge in [-0.1, -0.05) is 6.07 Å². The zero-order valence-corrected chi connectivity index (χ0v) is 7.32. The van der Waals surface area contributed by atoms with Gasteiger partial charge >= 0.3 is 13.5 Å². The molecule has 0 atom stereocenters. The second-order valence-corrected chi connectivity index (χ2v) is 2.72. The predicted octanol–water partition coefficient (Wildman–Crippen LogP) is -0.153. The predicted molar refractivity (Wildman–Crippen MR) is 47.4 cm³/mol. The van der Waals surface area contributed by atoms with Crippen molar-refractivity contribution in [3.05, 3.63) is 18.2 Å². The van der Waals surface area contributed by atoms with Crippen LogP contribution in [-0.2, 0) is 0 Å². The molecular weight excluding hydrogens is 214 g/mol. The monoisotopic (exact) mass is 221 g/mol. The van der Waals surface area contributed by atoms with Crippen LogP contribution in [0.25, 0.3) is 0 Å². The first-order valence-corrected chi connectivity index (χ1v) is 3.81. The standard InChI is InChI=1S/C7H7BF3NO3/c9-7(10,11)15-6-2-1-4(8(13)14)3-5(6)12/h1-3,13-14H,12H2. The minimum atomic E-state index is -4.83. The number of anilines is 1. The first-order valence-electron chi connectivity index (χ1n) is 3.81. The van der Waals surface area contributed by atoms with Crippen LogP contribution in [0.3, 0.4) is 0 Å². The van der Waals surface area contributed by atoms with Crippen LogP contribution in [-0.4, -0.2) is 23.5 Å². The van der Waals surface area contributed by atoms with Gasteiger partial charge in [0.2, 0.25) is 0 Å². The van der Waals surface area contributed by atoms with E-state index in [1.807, 2.05) is 0 Å². The highest BCUT2D eigenvalue weighted by atomic mass is 19.4. The lowest BCUT2D eigenvalue weighted by Crippen LogP contribution is -2.30. The van der Waals surface area contributed by atoms with Crippen molar-refractivity contribution in [1.29, 1.82) is 0 Å². The second kappa shape index (κ2) is 3.99. The SMILES string of the molecule is Nc1cc(B(O)O)ccc1OC(F)(F)F. The van der Waals surface area contributed by atoms with E-state index in [0.29, 0.717) is 0 Å². The van der Waals surface area contributed by atoms with Crippen molar-refractivity contribution in [3.8, 4) is 5.75 Å². The van der Waals surface area contributed by atoms with E-state index in [2.05, 4.69) is 4.74 Å². The third kappa shape index (κ3) is 3.33. The molecule has 15 heavy (non-hydrogen) atoms. The minimum Gasteiger partial charge on any atom is -0.423 e. The Morgan fingerprint density at radius 2 is 1.87 bits per heavy atom. The highest BCUT2D eigenvalue weighted by Gasteiger charge is 2.32. The maximum Gasteiger partial charge on any atom is 0.573 e. The van der Waals surface area contributed by atoms with Gasteiger partial charge < -0.3 is 20.5 Å². The lowest BCUT2D eigenvalue weighted by Gasteiger charge is -2.11. The second-order valence-electron chi connectivity index (χ2n) is 2.72. The summed E-state index contributed by atoms with van der Waals surface area (Å²) in [6.07, 6.45) is -4.83. The van der Waals surface area contributed by atoms with Gasteiger partial charge in [-0.3, -0.25) is 0 Å². The van der Waals surface area contributed by atoms with E-state index >= 15 is 0 Å². The largest absolute Gasteiger partial charge is 0.573 e. The van der Waals surface area contributed by atoms with Gasteiger partial charge in [0.1, 0.15) is 0 Å². The van der Waals surface area contributed by atoms with Crippen molar-refractivity contribution in [2.24, 2.45) is 0 Å². The van der Waals surface area contributed by atoms with E-state index in [1.54, 1.807) is 0 Å². The summed E-state index contributed by atoms with van der Waals surface area (Å²) in [5.41, 5.74) is 4.89. The molecule has 82 valence electrons. The van der Waals surface area contributed by atoms with Crippen molar-refractivity contribution >= 4 is 18.3 Å². The van der Waals surface area contributed by atoms with E-state index in [9.17, 15) is 13.2 Å². The zero-order valence-electron chi connectivity index (χ0n) is 7.32. The summed E-state index contributed by atoms with van der Waals surface area (Å²) in [4.78, 5) is 0. The molecule has 1 aromatic carbocycles. The van der Waals surface area contributed by atoms with Crippen LogP contribution in [0.15, 0.2) is 18.2 Å². The van der Waals surface area contributed by atoms with E-state index < -0.39 is 19.2 Å².